The van der Waals surface area contributed by atoms with E-state index in [4.69, 9.17) is 5.73 Å². The maximum atomic E-state index is 11.6. The number of nitrogens with one attached hydrogen (secondary N) is 1. The van der Waals surface area contributed by atoms with E-state index in [1.807, 2.05) is 31.2 Å². The van der Waals surface area contributed by atoms with E-state index in [0.717, 1.165) is 5.56 Å². The minimum absolute atomic E-state index is 0.00388. The second-order valence-corrected chi connectivity index (χ2v) is 3.87. The summed E-state index contributed by atoms with van der Waals surface area (Å²) in [5.41, 5.74) is 7.04. The summed E-state index contributed by atoms with van der Waals surface area (Å²) in [5.74, 6) is -0.498. The number of anilines is 1. The quantitative estimate of drug-likeness (QED) is 0.790. The molecule has 0 atom stereocenters. The van der Waals surface area contributed by atoms with Gasteiger partial charge in [-0.15, -0.1) is 0 Å². The van der Waals surface area contributed by atoms with Crippen molar-refractivity contribution >= 4 is 17.5 Å². The van der Waals surface area contributed by atoms with Crippen LogP contribution >= 0.6 is 0 Å². The van der Waals surface area contributed by atoms with Gasteiger partial charge in [-0.3, -0.25) is 9.59 Å². The van der Waals surface area contributed by atoms with Crippen LogP contribution in [0.25, 0.3) is 0 Å². The van der Waals surface area contributed by atoms with Crippen molar-refractivity contribution in [3.8, 4) is 0 Å². The number of nitrogens with zero attached hydrogens (tertiary/aromatic N) is 1. The van der Waals surface area contributed by atoms with E-state index in [1.165, 1.54) is 4.90 Å². The Bertz CT molecular complexity index is 401. The number of hydrogen-bond donors (Lipinski definition) is 2. The number of carbonyl (C=O) groups excluding carboxylic acids is 2. The molecule has 0 fully saturated rings. The third-order valence-electron chi connectivity index (χ3n) is 2.32. The predicted octanol–water partition coefficient (Wildman–Crippen LogP) is 0.351. The van der Waals surface area contributed by atoms with E-state index in [9.17, 15) is 9.59 Å². The Morgan fingerprint density at radius 3 is 2.41 bits per heavy atom. The molecule has 2 amide bonds. The number of carbonyl (C=O) groups is 2. The molecule has 0 aromatic heterocycles. The fourth-order valence-corrected chi connectivity index (χ4v) is 1.30. The molecular weight excluding hydrogens is 218 g/mol. The van der Waals surface area contributed by atoms with Gasteiger partial charge >= 0.3 is 0 Å². The molecule has 5 heteroatoms. The summed E-state index contributed by atoms with van der Waals surface area (Å²) in [4.78, 5) is 24.0. The zero-order valence-electron chi connectivity index (χ0n) is 10.1. The van der Waals surface area contributed by atoms with Crippen LogP contribution in [-0.2, 0) is 9.59 Å². The van der Waals surface area contributed by atoms with Crippen molar-refractivity contribution in [2.75, 3.05) is 25.5 Å². The second kappa shape index (κ2) is 6.00. The Kier molecular flexibility index (Phi) is 4.66. The highest BCUT2D eigenvalue weighted by Crippen LogP contribution is 2.08. The Morgan fingerprint density at radius 2 is 1.88 bits per heavy atom. The van der Waals surface area contributed by atoms with Crippen LogP contribution in [0.15, 0.2) is 24.3 Å². The van der Waals surface area contributed by atoms with Gasteiger partial charge in [0.15, 0.2) is 0 Å². The van der Waals surface area contributed by atoms with E-state index in [1.54, 1.807) is 7.05 Å². The minimum Gasteiger partial charge on any atom is -0.335 e. The number of nitrogens with two attached hydrogens (primary N) is 1. The number of hydrogen-bond acceptors (Lipinski definition) is 3. The maximum Gasteiger partial charge on any atom is 0.243 e. The molecule has 0 bridgehead atoms. The number of aryl methyl sites for hydroxylation is 1. The van der Waals surface area contributed by atoms with Crippen LogP contribution in [0.1, 0.15) is 5.56 Å². The summed E-state index contributed by atoms with van der Waals surface area (Å²) < 4.78 is 0. The van der Waals surface area contributed by atoms with Crippen molar-refractivity contribution < 1.29 is 9.59 Å². The van der Waals surface area contributed by atoms with Gasteiger partial charge in [0.05, 0.1) is 13.1 Å². The molecule has 0 aliphatic carbocycles. The van der Waals surface area contributed by atoms with Crippen molar-refractivity contribution in [2.45, 2.75) is 6.92 Å². The molecule has 0 unspecified atom stereocenters. The number of rotatable bonds is 4. The van der Waals surface area contributed by atoms with Gasteiger partial charge in [0, 0.05) is 12.7 Å². The summed E-state index contributed by atoms with van der Waals surface area (Å²) in [6, 6.07) is 7.45. The lowest BCUT2D eigenvalue weighted by Crippen LogP contribution is -2.38. The van der Waals surface area contributed by atoms with Gasteiger partial charge in [0.25, 0.3) is 0 Å². The summed E-state index contributed by atoms with van der Waals surface area (Å²) >= 11 is 0. The lowest BCUT2D eigenvalue weighted by molar-refractivity contribution is -0.132. The number of likely N-dealkylation sites (N-methyl/N-ethyl adjacent to an activating group) is 1. The molecule has 0 saturated carbocycles. The van der Waals surface area contributed by atoms with Crippen LogP contribution in [0.3, 0.4) is 0 Å². The zero-order chi connectivity index (χ0) is 12.8. The maximum absolute atomic E-state index is 11.6. The van der Waals surface area contributed by atoms with E-state index in [-0.39, 0.29) is 24.9 Å². The molecule has 1 rings (SSSR count). The first-order chi connectivity index (χ1) is 8.02. The largest absolute Gasteiger partial charge is 0.335 e. The van der Waals surface area contributed by atoms with Gasteiger partial charge in [0.1, 0.15) is 0 Å². The molecule has 0 spiro atoms. The average molecular weight is 235 g/mol. The van der Waals surface area contributed by atoms with Crippen LogP contribution in [0.5, 0.6) is 0 Å². The Labute approximate surface area is 101 Å². The topological polar surface area (TPSA) is 75.4 Å². The first-order valence-corrected chi connectivity index (χ1v) is 5.33. The van der Waals surface area contributed by atoms with Crippen LogP contribution in [0, 0.1) is 6.92 Å². The van der Waals surface area contributed by atoms with E-state index in [2.05, 4.69) is 5.32 Å². The van der Waals surface area contributed by atoms with E-state index >= 15 is 0 Å². The fraction of sp³-hybridized carbons (Fsp3) is 0.333. The minimum atomic E-state index is -0.260. The first kappa shape index (κ1) is 13.2. The van der Waals surface area contributed by atoms with Gasteiger partial charge in [-0.05, 0) is 19.1 Å². The van der Waals surface area contributed by atoms with Gasteiger partial charge in [-0.25, -0.2) is 0 Å². The zero-order valence-corrected chi connectivity index (χ0v) is 10.1. The number of benzene rings is 1. The molecule has 1 aromatic rings. The standard InChI is InChI=1S/C12H17N3O2/c1-9-3-5-10(6-4-9)14-11(16)8-15(2)12(17)7-13/h3-6H,7-8,13H2,1-2H3,(H,14,16). The first-order valence-electron chi connectivity index (χ1n) is 5.33. The van der Waals surface area contributed by atoms with E-state index < -0.39 is 0 Å². The molecule has 17 heavy (non-hydrogen) atoms. The second-order valence-electron chi connectivity index (χ2n) is 3.87. The SMILES string of the molecule is Cc1ccc(NC(=O)CN(C)C(=O)CN)cc1. The van der Waals surface area contributed by atoms with Crippen LogP contribution < -0.4 is 11.1 Å². The van der Waals surface area contributed by atoms with Gasteiger partial charge < -0.3 is 16.0 Å². The van der Waals surface area contributed by atoms with Crippen LogP contribution in [0.2, 0.25) is 0 Å². The van der Waals surface area contributed by atoms with Gasteiger partial charge in [0.2, 0.25) is 11.8 Å². The average Bonchev–Trinajstić information content (AvgIpc) is 2.30. The van der Waals surface area contributed by atoms with Crippen molar-refractivity contribution in [3.05, 3.63) is 29.8 Å². The molecule has 3 N–H and O–H groups in total. The smallest absolute Gasteiger partial charge is 0.243 e. The van der Waals surface area contributed by atoms with Gasteiger partial charge in [-0.1, -0.05) is 17.7 Å². The highest BCUT2D eigenvalue weighted by atomic mass is 16.2. The molecule has 0 heterocycles. The highest BCUT2D eigenvalue weighted by Gasteiger charge is 2.10. The monoisotopic (exact) mass is 235 g/mol. The van der Waals surface area contributed by atoms with Crippen molar-refractivity contribution in [1.29, 1.82) is 0 Å². The van der Waals surface area contributed by atoms with Crippen LogP contribution in [-0.4, -0.2) is 36.9 Å². The normalized spacial score (nSPS) is 9.82. The summed E-state index contributed by atoms with van der Waals surface area (Å²) in [6.45, 7) is 1.89. The molecular formula is C12H17N3O2. The molecule has 0 saturated heterocycles. The third-order valence-corrected chi connectivity index (χ3v) is 2.32. The summed E-state index contributed by atoms with van der Waals surface area (Å²) in [5, 5.41) is 2.71. The molecule has 0 aliphatic rings. The lowest BCUT2D eigenvalue weighted by Gasteiger charge is -2.15. The number of amides is 2. The van der Waals surface area contributed by atoms with Crippen molar-refractivity contribution in [1.82, 2.24) is 4.90 Å². The summed E-state index contributed by atoms with van der Waals surface area (Å²) in [6.07, 6.45) is 0. The van der Waals surface area contributed by atoms with Crippen LogP contribution in [0.4, 0.5) is 5.69 Å². The van der Waals surface area contributed by atoms with Gasteiger partial charge in [-0.2, -0.15) is 0 Å². The molecule has 0 aliphatic heterocycles. The summed E-state index contributed by atoms with van der Waals surface area (Å²) in [7, 11) is 1.55. The Balaban J connectivity index is 2.50. The lowest BCUT2D eigenvalue weighted by atomic mass is 10.2. The highest BCUT2D eigenvalue weighted by molar-refractivity contribution is 5.94. The van der Waals surface area contributed by atoms with Crippen molar-refractivity contribution in [3.63, 3.8) is 0 Å². The fourth-order valence-electron chi connectivity index (χ4n) is 1.30. The molecule has 0 radical (unpaired) electrons. The Hall–Kier alpha value is -1.88. The van der Waals surface area contributed by atoms with Crippen molar-refractivity contribution in [2.24, 2.45) is 5.73 Å². The predicted molar refractivity (Wildman–Crippen MR) is 66.5 cm³/mol. The molecule has 92 valence electrons. The molecule has 5 nitrogen and oxygen atoms in total. The molecule has 1 aromatic carbocycles. The third kappa shape index (κ3) is 4.24. The van der Waals surface area contributed by atoms with E-state index in [0.29, 0.717) is 5.69 Å². The Morgan fingerprint density at radius 1 is 1.29 bits per heavy atom.